The maximum Gasteiger partial charge on any atom is 0.408 e. The van der Waals surface area contributed by atoms with E-state index < -0.39 is 18.2 Å². The molecule has 2 aromatic rings. The molecular weight excluding hydrogens is 456 g/mol. The molecule has 8 heteroatoms. The Bertz CT molecular complexity index is 1040. The lowest BCUT2D eigenvalue weighted by atomic mass is 9.87. The zero-order chi connectivity index (χ0) is 25.3. The number of hydrogen-bond acceptors (Lipinski definition) is 5. The Morgan fingerprint density at radius 1 is 1.03 bits per heavy atom. The van der Waals surface area contributed by atoms with Crippen LogP contribution in [0.1, 0.15) is 61.3 Å². The lowest BCUT2D eigenvalue weighted by Gasteiger charge is -2.31. The van der Waals surface area contributed by atoms with Crippen molar-refractivity contribution in [3.05, 3.63) is 71.3 Å². The number of nitrogens with one attached hydrogen (secondary N) is 2. The maximum atomic E-state index is 13.5. The van der Waals surface area contributed by atoms with Crippen LogP contribution in [0.2, 0.25) is 0 Å². The van der Waals surface area contributed by atoms with Crippen molar-refractivity contribution in [3.63, 3.8) is 0 Å². The van der Waals surface area contributed by atoms with Gasteiger partial charge in [0.15, 0.2) is 0 Å². The van der Waals surface area contributed by atoms with Crippen LogP contribution in [0.3, 0.4) is 0 Å². The Morgan fingerprint density at radius 3 is 2.61 bits per heavy atom. The van der Waals surface area contributed by atoms with Gasteiger partial charge in [0.05, 0.1) is 6.04 Å². The Morgan fingerprint density at radius 2 is 1.81 bits per heavy atom. The molecule has 4 N–H and O–H groups in total. The third kappa shape index (κ3) is 6.43. The summed E-state index contributed by atoms with van der Waals surface area (Å²) in [6.45, 7) is 0.996. The number of rotatable bonds is 9. The van der Waals surface area contributed by atoms with Crippen LogP contribution in [0.5, 0.6) is 0 Å². The van der Waals surface area contributed by atoms with Crippen LogP contribution in [-0.4, -0.2) is 48.0 Å². The van der Waals surface area contributed by atoms with Crippen molar-refractivity contribution < 1.29 is 19.1 Å². The minimum Gasteiger partial charge on any atom is -0.445 e. The molecule has 0 saturated carbocycles. The second-order valence-electron chi connectivity index (χ2n) is 9.53. The molecule has 3 amide bonds. The smallest absolute Gasteiger partial charge is 0.408 e. The van der Waals surface area contributed by atoms with Crippen LogP contribution in [-0.2, 0) is 27.4 Å². The van der Waals surface area contributed by atoms with E-state index in [1.54, 1.807) is 4.90 Å². The van der Waals surface area contributed by atoms with Crippen LogP contribution in [0.15, 0.2) is 54.6 Å². The number of likely N-dealkylation sites (tertiary alicyclic amines) is 1. The van der Waals surface area contributed by atoms with E-state index in [9.17, 15) is 14.4 Å². The Kier molecular flexibility index (Phi) is 8.95. The van der Waals surface area contributed by atoms with Gasteiger partial charge in [0.2, 0.25) is 11.8 Å². The number of aryl methyl sites for hydroxylation is 1. The third-order valence-electron chi connectivity index (χ3n) is 7.02. The van der Waals surface area contributed by atoms with E-state index in [0.29, 0.717) is 32.4 Å². The van der Waals surface area contributed by atoms with E-state index in [2.05, 4.69) is 22.8 Å². The fourth-order valence-corrected chi connectivity index (χ4v) is 5.16. The van der Waals surface area contributed by atoms with Gasteiger partial charge < -0.3 is 26.0 Å². The third-order valence-corrected chi connectivity index (χ3v) is 7.02. The Balaban J connectivity index is 1.38. The van der Waals surface area contributed by atoms with E-state index in [1.807, 2.05) is 42.5 Å². The highest BCUT2D eigenvalue weighted by Crippen LogP contribution is 2.30. The topological polar surface area (TPSA) is 114 Å². The second-order valence-corrected chi connectivity index (χ2v) is 9.53. The van der Waals surface area contributed by atoms with E-state index in [1.165, 1.54) is 5.56 Å². The van der Waals surface area contributed by atoms with Crippen molar-refractivity contribution in [3.8, 4) is 0 Å². The van der Waals surface area contributed by atoms with Gasteiger partial charge in [0.1, 0.15) is 18.7 Å². The number of nitrogens with two attached hydrogens (primary N) is 1. The van der Waals surface area contributed by atoms with Gasteiger partial charge in [-0.1, -0.05) is 54.6 Å². The number of fused-ring (bicyclic) bond motifs is 1. The van der Waals surface area contributed by atoms with Gasteiger partial charge in [-0.15, -0.1) is 0 Å². The molecule has 0 aromatic heterocycles. The van der Waals surface area contributed by atoms with Crippen LogP contribution in [0.25, 0.3) is 0 Å². The molecule has 1 aliphatic carbocycles. The molecule has 2 aliphatic rings. The Hall–Kier alpha value is -3.39. The zero-order valence-corrected chi connectivity index (χ0v) is 20.7. The molecule has 0 spiro atoms. The summed E-state index contributed by atoms with van der Waals surface area (Å²) in [6, 6.07) is 16.2. The number of alkyl carbamates (subject to hydrolysis) is 1. The summed E-state index contributed by atoms with van der Waals surface area (Å²) in [4.78, 5) is 40.9. The summed E-state index contributed by atoms with van der Waals surface area (Å²) in [6.07, 6.45) is 4.57. The quantitative estimate of drug-likeness (QED) is 0.497. The van der Waals surface area contributed by atoms with Gasteiger partial charge >= 0.3 is 6.09 Å². The highest BCUT2D eigenvalue weighted by atomic mass is 16.5. The summed E-state index contributed by atoms with van der Waals surface area (Å²) in [5, 5.41) is 5.91. The highest BCUT2D eigenvalue weighted by Gasteiger charge is 2.38. The number of carbonyl (C=O) groups is 3. The summed E-state index contributed by atoms with van der Waals surface area (Å²) in [5.74, 6) is -0.395. The monoisotopic (exact) mass is 492 g/mol. The molecule has 1 fully saturated rings. The lowest BCUT2D eigenvalue weighted by Crippen LogP contribution is -2.54. The minimum absolute atomic E-state index is 0.0425. The molecule has 2 aromatic carbocycles. The molecule has 1 heterocycles. The number of ether oxygens (including phenoxy) is 1. The van der Waals surface area contributed by atoms with Gasteiger partial charge in [0, 0.05) is 6.54 Å². The normalized spacial score (nSPS) is 19.8. The average molecular weight is 493 g/mol. The molecule has 1 aliphatic heterocycles. The summed E-state index contributed by atoms with van der Waals surface area (Å²) >= 11 is 0. The number of nitrogens with zero attached hydrogens (tertiary/aromatic N) is 1. The maximum absolute atomic E-state index is 13.5. The van der Waals surface area contributed by atoms with Crippen molar-refractivity contribution >= 4 is 17.9 Å². The van der Waals surface area contributed by atoms with Crippen LogP contribution in [0.4, 0.5) is 4.79 Å². The van der Waals surface area contributed by atoms with E-state index >= 15 is 0 Å². The number of benzene rings is 2. The van der Waals surface area contributed by atoms with Gasteiger partial charge in [-0.05, 0) is 68.2 Å². The fraction of sp³-hybridized carbons (Fsp3) is 0.464. The molecule has 0 radical (unpaired) electrons. The molecule has 1 saturated heterocycles. The zero-order valence-electron chi connectivity index (χ0n) is 20.7. The van der Waals surface area contributed by atoms with Crippen molar-refractivity contribution in [2.45, 2.75) is 69.7 Å². The molecule has 0 unspecified atom stereocenters. The molecule has 0 bridgehead atoms. The Labute approximate surface area is 212 Å². The van der Waals surface area contributed by atoms with Crippen LogP contribution in [0, 0.1) is 0 Å². The van der Waals surface area contributed by atoms with Crippen molar-refractivity contribution in [2.75, 3.05) is 13.1 Å². The summed E-state index contributed by atoms with van der Waals surface area (Å²) in [7, 11) is 0. The van der Waals surface area contributed by atoms with Crippen molar-refractivity contribution in [1.82, 2.24) is 15.5 Å². The largest absolute Gasteiger partial charge is 0.445 e. The predicted octanol–water partition coefficient (Wildman–Crippen LogP) is 3.21. The number of hydrogen-bond donors (Lipinski definition) is 3. The average Bonchev–Trinajstić information content (AvgIpc) is 3.40. The summed E-state index contributed by atoms with van der Waals surface area (Å²) < 4.78 is 5.33. The fourth-order valence-electron chi connectivity index (χ4n) is 5.16. The summed E-state index contributed by atoms with van der Waals surface area (Å²) in [5.41, 5.74) is 8.98. The lowest BCUT2D eigenvalue weighted by molar-refractivity contribution is -0.140. The van der Waals surface area contributed by atoms with E-state index in [0.717, 1.165) is 36.8 Å². The second kappa shape index (κ2) is 12.5. The van der Waals surface area contributed by atoms with Gasteiger partial charge in [-0.2, -0.15) is 0 Å². The van der Waals surface area contributed by atoms with Crippen LogP contribution >= 0.6 is 0 Å². The van der Waals surface area contributed by atoms with E-state index in [4.69, 9.17) is 10.5 Å². The van der Waals surface area contributed by atoms with Gasteiger partial charge in [0.25, 0.3) is 0 Å². The van der Waals surface area contributed by atoms with Crippen LogP contribution < -0.4 is 16.4 Å². The van der Waals surface area contributed by atoms with Crippen molar-refractivity contribution in [1.29, 1.82) is 0 Å². The molecular formula is C28H36N4O4. The first-order valence-electron chi connectivity index (χ1n) is 12.9. The number of carbonyl (C=O) groups excluding carboxylic acids is 3. The first-order valence-corrected chi connectivity index (χ1v) is 12.9. The van der Waals surface area contributed by atoms with Gasteiger partial charge in [-0.25, -0.2) is 4.79 Å². The molecule has 8 nitrogen and oxygen atoms in total. The SMILES string of the molecule is NCCC[C@H](NC(=O)OCc1ccccc1)C(=O)N1CCC[C@H]1C(=O)N[C@H]1CCCc2ccccc21. The highest BCUT2D eigenvalue weighted by molar-refractivity contribution is 5.92. The molecule has 4 rings (SSSR count). The minimum atomic E-state index is -0.791. The van der Waals surface area contributed by atoms with Gasteiger partial charge in [-0.3, -0.25) is 9.59 Å². The first kappa shape index (κ1) is 25.7. The van der Waals surface area contributed by atoms with E-state index in [-0.39, 0.29) is 24.5 Å². The first-order chi connectivity index (χ1) is 17.6. The van der Waals surface area contributed by atoms with Crippen molar-refractivity contribution in [2.24, 2.45) is 5.73 Å². The molecule has 36 heavy (non-hydrogen) atoms. The molecule has 3 atom stereocenters. The molecule has 192 valence electrons. The predicted molar refractivity (Wildman–Crippen MR) is 137 cm³/mol. The standard InChI is InChI=1S/C28H36N4O4/c29-17-7-15-24(31-28(35)36-19-20-9-2-1-3-10-20)27(34)32-18-8-16-25(32)26(33)30-23-14-6-12-21-11-4-5-13-22(21)23/h1-5,9-11,13,23-25H,6-8,12,14-19,29H2,(H,30,33)(H,31,35)/t23-,24-,25-/m0/s1. The number of amides is 3.